The van der Waals surface area contributed by atoms with Gasteiger partial charge in [0.05, 0.1) is 5.54 Å². The second-order valence-corrected chi connectivity index (χ2v) is 5.36. The van der Waals surface area contributed by atoms with Crippen LogP contribution in [0.4, 0.5) is 0 Å². The van der Waals surface area contributed by atoms with Crippen molar-refractivity contribution in [2.24, 2.45) is 11.1 Å². The van der Waals surface area contributed by atoms with Gasteiger partial charge in [0.2, 0.25) is 5.91 Å². The van der Waals surface area contributed by atoms with Crippen LogP contribution in [0.3, 0.4) is 0 Å². The van der Waals surface area contributed by atoms with Crippen LogP contribution in [-0.2, 0) is 4.79 Å². The zero-order valence-electron chi connectivity index (χ0n) is 8.94. The number of carbonyl (C=O) groups excluding carboxylic acids is 1. The van der Waals surface area contributed by atoms with Gasteiger partial charge < -0.3 is 11.1 Å². The first kappa shape index (κ1) is 9.97. The van der Waals surface area contributed by atoms with Gasteiger partial charge in [-0.05, 0) is 31.1 Å². The number of nitrogens with two attached hydrogens (primary N) is 1. The zero-order valence-corrected chi connectivity index (χ0v) is 8.94. The Labute approximate surface area is 85.4 Å². The summed E-state index contributed by atoms with van der Waals surface area (Å²) in [6, 6.07) is 0. The number of nitrogens with one attached hydrogen (secondary N) is 1. The minimum absolute atomic E-state index is 0.0723. The Kier molecular flexibility index (Phi) is 2.30. The van der Waals surface area contributed by atoms with Crippen LogP contribution in [0.2, 0.25) is 0 Å². The quantitative estimate of drug-likeness (QED) is 0.712. The van der Waals surface area contributed by atoms with Gasteiger partial charge in [-0.2, -0.15) is 0 Å². The summed E-state index contributed by atoms with van der Waals surface area (Å²) in [6.07, 6.45) is 6.39. The summed E-state index contributed by atoms with van der Waals surface area (Å²) < 4.78 is 0. The molecule has 0 aromatic rings. The van der Waals surface area contributed by atoms with Gasteiger partial charge in [0.25, 0.3) is 0 Å². The fourth-order valence-corrected chi connectivity index (χ4v) is 2.09. The molecule has 1 amide bonds. The molecule has 0 heterocycles. The number of carbonyl (C=O) groups is 1. The molecule has 2 rings (SSSR count). The zero-order chi connectivity index (χ0) is 10.2. The summed E-state index contributed by atoms with van der Waals surface area (Å²) in [5, 5.41) is 3.00. The maximum atomic E-state index is 11.8. The van der Waals surface area contributed by atoms with E-state index in [2.05, 4.69) is 12.2 Å². The summed E-state index contributed by atoms with van der Waals surface area (Å²) in [7, 11) is 0. The molecule has 80 valence electrons. The highest BCUT2D eigenvalue weighted by molar-refractivity contribution is 5.86. The predicted molar refractivity (Wildman–Crippen MR) is 55.7 cm³/mol. The first-order valence-corrected chi connectivity index (χ1v) is 5.61. The van der Waals surface area contributed by atoms with E-state index in [0.29, 0.717) is 5.41 Å². The molecule has 3 N–H and O–H groups in total. The van der Waals surface area contributed by atoms with E-state index in [1.165, 1.54) is 12.8 Å². The van der Waals surface area contributed by atoms with Crippen molar-refractivity contribution in [3.05, 3.63) is 0 Å². The van der Waals surface area contributed by atoms with E-state index in [1.54, 1.807) is 0 Å². The summed E-state index contributed by atoms with van der Waals surface area (Å²) in [4.78, 5) is 11.8. The first-order chi connectivity index (χ1) is 6.54. The number of hydrogen-bond acceptors (Lipinski definition) is 2. The van der Waals surface area contributed by atoms with Crippen molar-refractivity contribution in [2.45, 2.75) is 51.0 Å². The number of amides is 1. The molecular formula is C11H20N2O. The summed E-state index contributed by atoms with van der Waals surface area (Å²) >= 11 is 0. The monoisotopic (exact) mass is 196 g/mol. The average Bonchev–Trinajstić information content (AvgIpc) is 2.71. The Bertz CT molecular complexity index is 240. The molecule has 0 saturated heterocycles. The lowest BCUT2D eigenvalue weighted by atomic mass is 9.97. The highest BCUT2D eigenvalue weighted by Gasteiger charge is 2.41. The number of hydrogen-bond donors (Lipinski definition) is 2. The van der Waals surface area contributed by atoms with Crippen molar-refractivity contribution in [1.82, 2.24) is 5.32 Å². The Morgan fingerprint density at radius 2 is 1.86 bits per heavy atom. The maximum absolute atomic E-state index is 11.8. The van der Waals surface area contributed by atoms with Gasteiger partial charge in [0.1, 0.15) is 0 Å². The first-order valence-electron chi connectivity index (χ1n) is 5.61. The summed E-state index contributed by atoms with van der Waals surface area (Å²) in [6.45, 7) is 3.02. The van der Waals surface area contributed by atoms with Crippen molar-refractivity contribution in [3.63, 3.8) is 0 Å². The second kappa shape index (κ2) is 3.23. The largest absolute Gasteiger partial charge is 0.354 e. The molecule has 3 nitrogen and oxygen atoms in total. The van der Waals surface area contributed by atoms with E-state index in [-0.39, 0.29) is 5.91 Å². The Morgan fingerprint density at radius 3 is 2.36 bits per heavy atom. The minimum atomic E-state index is -0.550. The van der Waals surface area contributed by atoms with Gasteiger partial charge in [-0.25, -0.2) is 0 Å². The van der Waals surface area contributed by atoms with E-state index in [9.17, 15) is 4.79 Å². The van der Waals surface area contributed by atoms with E-state index in [1.807, 2.05) is 0 Å². The van der Waals surface area contributed by atoms with Crippen molar-refractivity contribution in [1.29, 1.82) is 0 Å². The standard InChI is InChI=1S/C11H20N2O/c1-10(6-7-10)8-13-9(14)11(12)4-2-3-5-11/h2-8,12H2,1H3,(H,13,14). The Balaban J connectivity index is 1.82. The molecule has 0 aromatic heterocycles. The molecule has 0 bridgehead atoms. The minimum Gasteiger partial charge on any atom is -0.354 e. The van der Waals surface area contributed by atoms with Crippen molar-refractivity contribution >= 4 is 5.91 Å². The van der Waals surface area contributed by atoms with Crippen LogP contribution in [0, 0.1) is 5.41 Å². The lowest BCUT2D eigenvalue weighted by Gasteiger charge is -2.23. The fourth-order valence-electron chi connectivity index (χ4n) is 2.09. The van der Waals surface area contributed by atoms with E-state index in [0.717, 1.165) is 32.2 Å². The number of rotatable bonds is 3. The highest BCUT2D eigenvalue weighted by atomic mass is 16.2. The maximum Gasteiger partial charge on any atom is 0.240 e. The fraction of sp³-hybridized carbons (Fsp3) is 0.909. The molecule has 0 atom stereocenters. The topological polar surface area (TPSA) is 55.1 Å². The molecule has 14 heavy (non-hydrogen) atoms. The van der Waals surface area contributed by atoms with Crippen molar-refractivity contribution in [3.8, 4) is 0 Å². The molecule has 2 fully saturated rings. The van der Waals surface area contributed by atoms with E-state index in [4.69, 9.17) is 5.73 Å². The van der Waals surface area contributed by atoms with Gasteiger partial charge >= 0.3 is 0 Å². The van der Waals surface area contributed by atoms with Crippen LogP contribution in [0.15, 0.2) is 0 Å². The van der Waals surface area contributed by atoms with Gasteiger partial charge in [-0.3, -0.25) is 4.79 Å². The van der Waals surface area contributed by atoms with Gasteiger partial charge in [-0.1, -0.05) is 19.8 Å². The van der Waals surface area contributed by atoms with Crippen LogP contribution >= 0.6 is 0 Å². The lowest BCUT2D eigenvalue weighted by molar-refractivity contribution is -0.126. The average molecular weight is 196 g/mol. The molecule has 2 saturated carbocycles. The highest BCUT2D eigenvalue weighted by Crippen LogP contribution is 2.44. The molecule has 3 heteroatoms. The predicted octanol–water partition coefficient (Wildman–Crippen LogP) is 1.17. The van der Waals surface area contributed by atoms with Crippen molar-refractivity contribution in [2.75, 3.05) is 6.54 Å². The SMILES string of the molecule is CC1(CNC(=O)C2(N)CCCC2)CC1. The normalized spacial score (nSPS) is 27.3. The van der Waals surface area contributed by atoms with Crippen LogP contribution in [0.5, 0.6) is 0 Å². The molecule has 2 aliphatic carbocycles. The third kappa shape index (κ3) is 1.92. The van der Waals surface area contributed by atoms with Crippen molar-refractivity contribution < 1.29 is 4.79 Å². The lowest BCUT2D eigenvalue weighted by Crippen LogP contribution is -2.52. The summed E-state index contributed by atoms with van der Waals surface area (Å²) in [5.74, 6) is 0.0723. The molecule has 0 spiro atoms. The van der Waals surface area contributed by atoms with E-state index < -0.39 is 5.54 Å². The van der Waals surface area contributed by atoms with Gasteiger partial charge in [0, 0.05) is 6.54 Å². The Morgan fingerprint density at radius 1 is 1.29 bits per heavy atom. The van der Waals surface area contributed by atoms with Gasteiger partial charge in [0.15, 0.2) is 0 Å². The van der Waals surface area contributed by atoms with Gasteiger partial charge in [-0.15, -0.1) is 0 Å². The third-order valence-electron chi connectivity index (χ3n) is 3.73. The molecule has 2 aliphatic rings. The second-order valence-electron chi connectivity index (χ2n) is 5.36. The van der Waals surface area contributed by atoms with Crippen LogP contribution in [0.25, 0.3) is 0 Å². The van der Waals surface area contributed by atoms with Crippen LogP contribution < -0.4 is 11.1 Å². The molecule has 0 aromatic carbocycles. The summed E-state index contributed by atoms with van der Waals surface area (Å²) in [5.41, 5.74) is 5.87. The Hall–Kier alpha value is -0.570. The molecule has 0 unspecified atom stereocenters. The van der Waals surface area contributed by atoms with Crippen LogP contribution in [0.1, 0.15) is 45.4 Å². The van der Waals surface area contributed by atoms with Crippen LogP contribution in [-0.4, -0.2) is 18.0 Å². The smallest absolute Gasteiger partial charge is 0.240 e. The molecule has 0 aliphatic heterocycles. The third-order valence-corrected chi connectivity index (χ3v) is 3.73. The van der Waals surface area contributed by atoms with E-state index >= 15 is 0 Å². The molecular weight excluding hydrogens is 176 g/mol. The molecule has 0 radical (unpaired) electrons.